The number of amides is 1. The Morgan fingerprint density at radius 2 is 1.95 bits per heavy atom. The lowest BCUT2D eigenvalue weighted by Crippen LogP contribution is -2.32. The molecule has 0 saturated heterocycles. The summed E-state index contributed by atoms with van der Waals surface area (Å²) < 4.78 is 18.6. The maximum absolute atomic E-state index is 13.4. The van der Waals surface area contributed by atoms with Crippen molar-refractivity contribution >= 4 is 6.09 Å². The van der Waals surface area contributed by atoms with Crippen LogP contribution in [0.3, 0.4) is 0 Å². The molecule has 1 aromatic rings. The fraction of sp³-hybridized carbons (Fsp3) is 0.533. The highest BCUT2D eigenvalue weighted by atomic mass is 19.1. The third-order valence-corrected chi connectivity index (χ3v) is 2.48. The summed E-state index contributed by atoms with van der Waals surface area (Å²) >= 11 is 0. The van der Waals surface area contributed by atoms with Gasteiger partial charge in [0.25, 0.3) is 0 Å². The summed E-state index contributed by atoms with van der Waals surface area (Å²) in [5.74, 6) is -0.0387. The topological polar surface area (TPSA) is 38.3 Å². The molecular formula is C15H22FNO2. The monoisotopic (exact) mass is 267 g/mol. The minimum absolute atomic E-state index is 0.246. The molecular weight excluding hydrogens is 245 g/mol. The molecule has 4 heteroatoms. The van der Waals surface area contributed by atoms with Gasteiger partial charge in [0.05, 0.1) is 0 Å². The average molecular weight is 267 g/mol. The van der Waals surface area contributed by atoms with Crippen molar-refractivity contribution in [1.82, 2.24) is 5.32 Å². The second-order valence-electron chi connectivity index (χ2n) is 5.90. The van der Waals surface area contributed by atoms with Crippen LogP contribution in [0.25, 0.3) is 0 Å². The summed E-state index contributed by atoms with van der Waals surface area (Å²) in [6, 6.07) is 4.83. The van der Waals surface area contributed by atoms with E-state index in [2.05, 4.69) is 5.32 Å². The standard InChI is InChI=1S/C15H22FNO2/c1-10(2)12-6-11(7-13(16)8-12)9-17-14(18)19-15(3,4)5/h6-8,10H,9H2,1-5H3,(H,17,18). The summed E-state index contributed by atoms with van der Waals surface area (Å²) in [6.07, 6.45) is -0.497. The maximum Gasteiger partial charge on any atom is 0.407 e. The van der Waals surface area contributed by atoms with E-state index in [4.69, 9.17) is 4.74 Å². The normalized spacial score (nSPS) is 11.5. The van der Waals surface area contributed by atoms with Crippen molar-refractivity contribution < 1.29 is 13.9 Å². The minimum Gasteiger partial charge on any atom is -0.444 e. The molecule has 0 radical (unpaired) electrons. The predicted octanol–water partition coefficient (Wildman–Crippen LogP) is 3.97. The molecule has 1 amide bonds. The van der Waals surface area contributed by atoms with E-state index in [-0.39, 0.29) is 18.3 Å². The Balaban J connectivity index is 2.65. The van der Waals surface area contributed by atoms with E-state index < -0.39 is 11.7 Å². The van der Waals surface area contributed by atoms with Gasteiger partial charge in [0.1, 0.15) is 11.4 Å². The van der Waals surface area contributed by atoms with Crippen molar-refractivity contribution in [2.24, 2.45) is 0 Å². The predicted molar refractivity (Wildman–Crippen MR) is 73.6 cm³/mol. The Morgan fingerprint density at radius 3 is 2.47 bits per heavy atom. The van der Waals surface area contributed by atoms with Crippen LogP contribution in [0.5, 0.6) is 0 Å². The van der Waals surface area contributed by atoms with E-state index in [1.165, 1.54) is 12.1 Å². The average Bonchev–Trinajstić information content (AvgIpc) is 2.23. The largest absolute Gasteiger partial charge is 0.444 e. The van der Waals surface area contributed by atoms with Gasteiger partial charge in [-0.1, -0.05) is 19.9 Å². The molecule has 0 heterocycles. The molecule has 3 nitrogen and oxygen atoms in total. The molecule has 0 atom stereocenters. The van der Waals surface area contributed by atoms with E-state index in [0.29, 0.717) is 0 Å². The van der Waals surface area contributed by atoms with Gasteiger partial charge >= 0.3 is 6.09 Å². The Bertz CT molecular complexity index is 450. The molecule has 1 aromatic carbocycles. The van der Waals surface area contributed by atoms with Gasteiger partial charge in [-0.25, -0.2) is 9.18 Å². The van der Waals surface area contributed by atoms with Gasteiger partial charge < -0.3 is 10.1 Å². The van der Waals surface area contributed by atoms with E-state index in [1.807, 2.05) is 19.9 Å². The molecule has 1 N–H and O–H groups in total. The lowest BCUT2D eigenvalue weighted by atomic mass is 10.0. The van der Waals surface area contributed by atoms with E-state index >= 15 is 0 Å². The first-order chi connectivity index (χ1) is 8.67. The van der Waals surface area contributed by atoms with Crippen molar-refractivity contribution in [3.05, 3.63) is 35.1 Å². The number of halogens is 1. The third kappa shape index (κ3) is 5.73. The number of rotatable bonds is 3. The minimum atomic E-state index is -0.533. The van der Waals surface area contributed by atoms with Gasteiger partial charge in [0.2, 0.25) is 0 Å². The fourth-order valence-corrected chi connectivity index (χ4v) is 1.60. The van der Waals surface area contributed by atoms with Gasteiger partial charge in [-0.3, -0.25) is 0 Å². The second kappa shape index (κ2) is 6.04. The van der Waals surface area contributed by atoms with Crippen LogP contribution in [0, 0.1) is 5.82 Å². The lowest BCUT2D eigenvalue weighted by molar-refractivity contribution is 0.0523. The maximum atomic E-state index is 13.4. The Labute approximate surface area is 114 Å². The molecule has 0 spiro atoms. The number of hydrogen-bond donors (Lipinski definition) is 1. The Kier molecular flexibility index (Phi) is 4.92. The summed E-state index contributed by atoms with van der Waals surface area (Å²) in [7, 11) is 0. The summed E-state index contributed by atoms with van der Waals surface area (Å²) in [4.78, 5) is 11.5. The van der Waals surface area contributed by atoms with Crippen molar-refractivity contribution in [2.75, 3.05) is 0 Å². The number of carbonyl (C=O) groups is 1. The Morgan fingerprint density at radius 1 is 1.32 bits per heavy atom. The highest BCUT2D eigenvalue weighted by Crippen LogP contribution is 2.18. The molecule has 0 fully saturated rings. The number of nitrogens with one attached hydrogen (secondary N) is 1. The molecule has 19 heavy (non-hydrogen) atoms. The van der Waals surface area contributed by atoms with Crippen molar-refractivity contribution in [2.45, 2.75) is 52.7 Å². The molecule has 0 unspecified atom stereocenters. The van der Waals surface area contributed by atoms with Gasteiger partial charge in [-0.2, -0.15) is 0 Å². The molecule has 0 aliphatic carbocycles. The SMILES string of the molecule is CC(C)c1cc(F)cc(CNC(=O)OC(C)(C)C)c1. The number of benzene rings is 1. The molecule has 0 bridgehead atoms. The molecule has 0 saturated carbocycles. The first-order valence-electron chi connectivity index (χ1n) is 6.43. The zero-order chi connectivity index (χ0) is 14.6. The van der Waals surface area contributed by atoms with Gasteiger partial charge in [0.15, 0.2) is 0 Å². The molecule has 106 valence electrons. The fourth-order valence-electron chi connectivity index (χ4n) is 1.60. The van der Waals surface area contributed by atoms with Crippen molar-refractivity contribution in [1.29, 1.82) is 0 Å². The number of ether oxygens (including phenoxy) is 1. The van der Waals surface area contributed by atoms with Crippen LogP contribution < -0.4 is 5.32 Å². The number of carbonyl (C=O) groups excluding carboxylic acids is 1. The van der Waals surface area contributed by atoms with Crippen molar-refractivity contribution in [3.8, 4) is 0 Å². The van der Waals surface area contributed by atoms with Crippen LogP contribution in [0.1, 0.15) is 51.7 Å². The second-order valence-corrected chi connectivity index (χ2v) is 5.90. The molecule has 0 aliphatic rings. The van der Waals surface area contributed by atoms with Crippen LogP contribution in [0.15, 0.2) is 18.2 Å². The van der Waals surface area contributed by atoms with E-state index in [9.17, 15) is 9.18 Å². The first kappa shape index (κ1) is 15.5. The Hall–Kier alpha value is -1.58. The van der Waals surface area contributed by atoms with Gasteiger partial charge in [0, 0.05) is 6.54 Å². The van der Waals surface area contributed by atoms with Crippen LogP contribution in [-0.2, 0) is 11.3 Å². The van der Waals surface area contributed by atoms with E-state index in [1.54, 1.807) is 20.8 Å². The van der Waals surface area contributed by atoms with Crippen LogP contribution in [0.2, 0.25) is 0 Å². The quantitative estimate of drug-likeness (QED) is 0.899. The van der Waals surface area contributed by atoms with Crippen molar-refractivity contribution in [3.63, 3.8) is 0 Å². The molecule has 0 aromatic heterocycles. The van der Waals surface area contributed by atoms with Crippen LogP contribution in [0.4, 0.5) is 9.18 Å². The van der Waals surface area contributed by atoms with Crippen LogP contribution >= 0.6 is 0 Å². The van der Waals surface area contributed by atoms with Gasteiger partial charge in [-0.15, -0.1) is 0 Å². The highest BCUT2D eigenvalue weighted by Gasteiger charge is 2.15. The summed E-state index contributed by atoms with van der Waals surface area (Å²) in [5.41, 5.74) is 1.12. The summed E-state index contributed by atoms with van der Waals surface area (Å²) in [6.45, 7) is 9.65. The molecule has 0 aliphatic heterocycles. The zero-order valence-corrected chi connectivity index (χ0v) is 12.2. The lowest BCUT2D eigenvalue weighted by Gasteiger charge is -2.19. The zero-order valence-electron chi connectivity index (χ0n) is 12.2. The smallest absolute Gasteiger partial charge is 0.407 e. The van der Waals surface area contributed by atoms with Gasteiger partial charge in [-0.05, 0) is 49.9 Å². The first-order valence-corrected chi connectivity index (χ1v) is 6.43. The summed E-state index contributed by atoms with van der Waals surface area (Å²) in [5, 5.41) is 2.62. The van der Waals surface area contributed by atoms with Crippen LogP contribution in [-0.4, -0.2) is 11.7 Å². The third-order valence-electron chi connectivity index (χ3n) is 2.48. The number of alkyl carbamates (subject to hydrolysis) is 1. The number of hydrogen-bond acceptors (Lipinski definition) is 2. The molecule has 1 rings (SSSR count). The highest BCUT2D eigenvalue weighted by molar-refractivity contribution is 5.67. The van der Waals surface area contributed by atoms with E-state index in [0.717, 1.165) is 11.1 Å².